The lowest BCUT2D eigenvalue weighted by molar-refractivity contribution is -0.108. The highest BCUT2D eigenvalue weighted by Crippen LogP contribution is 2.29. The SMILES string of the molecule is CCc1c(N2CCN(C(=O)c3ncnc(C(F)F)c3O)CC2)c(=O)n2nc(-c3ccc4c(c3)CCOC4)nc2n1CC=O. The molecule has 0 spiro atoms. The summed E-state index contributed by atoms with van der Waals surface area (Å²) < 4.78 is 34.8. The molecule has 5 heterocycles. The van der Waals surface area contributed by atoms with Crippen molar-refractivity contribution >= 4 is 23.7 Å². The Bertz CT molecular complexity index is 1780. The minimum Gasteiger partial charge on any atom is -0.504 e. The van der Waals surface area contributed by atoms with E-state index in [1.807, 2.05) is 30.0 Å². The summed E-state index contributed by atoms with van der Waals surface area (Å²) in [6, 6.07) is 5.85. The van der Waals surface area contributed by atoms with Crippen molar-refractivity contribution in [1.82, 2.24) is 34.0 Å². The van der Waals surface area contributed by atoms with E-state index in [2.05, 4.69) is 20.1 Å². The normalized spacial score (nSPS) is 15.3. The molecule has 1 N–H and O–H groups in total. The summed E-state index contributed by atoms with van der Waals surface area (Å²) in [6.45, 7) is 3.69. The minimum absolute atomic E-state index is 0.0441. The number of hydrogen-bond acceptors (Lipinski definition) is 10. The highest BCUT2D eigenvalue weighted by atomic mass is 19.3. The molecular weight excluding hydrogens is 566 g/mol. The number of nitrogens with zero attached hydrogens (tertiary/aromatic N) is 8. The predicted molar refractivity (Wildman–Crippen MR) is 148 cm³/mol. The van der Waals surface area contributed by atoms with Crippen LogP contribution in [0.3, 0.4) is 0 Å². The number of hydrogen-bond donors (Lipinski definition) is 1. The number of benzene rings is 1. The number of alkyl halides is 2. The number of fused-ring (bicyclic) bond motifs is 2. The van der Waals surface area contributed by atoms with Crippen molar-refractivity contribution in [2.24, 2.45) is 0 Å². The first kappa shape index (κ1) is 28.3. The lowest BCUT2D eigenvalue weighted by atomic mass is 10.0. The van der Waals surface area contributed by atoms with E-state index in [-0.39, 0.29) is 38.5 Å². The molecule has 224 valence electrons. The Kier molecular flexibility index (Phi) is 7.56. The molecule has 1 aromatic carbocycles. The van der Waals surface area contributed by atoms with E-state index >= 15 is 0 Å². The van der Waals surface area contributed by atoms with Crippen LogP contribution in [0.2, 0.25) is 0 Å². The fraction of sp³-hybridized carbons (Fsp3) is 0.393. The molecule has 43 heavy (non-hydrogen) atoms. The third kappa shape index (κ3) is 4.98. The Morgan fingerprint density at radius 2 is 1.95 bits per heavy atom. The van der Waals surface area contributed by atoms with Gasteiger partial charge in [0, 0.05) is 31.7 Å². The molecule has 15 heteroatoms. The number of carbonyl (C=O) groups is 2. The van der Waals surface area contributed by atoms with Crippen LogP contribution in [0.5, 0.6) is 5.75 Å². The Morgan fingerprint density at radius 3 is 2.67 bits per heavy atom. The maximum absolute atomic E-state index is 13.9. The second-order valence-electron chi connectivity index (χ2n) is 10.2. The number of aromatic hydroxyl groups is 1. The quantitative estimate of drug-likeness (QED) is 0.314. The van der Waals surface area contributed by atoms with Gasteiger partial charge in [-0.1, -0.05) is 19.1 Å². The van der Waals surface area contributed by atoms with Gasteiger partial charge in [0.15, 0.2) is 23.0 Å². The maximum Gasteiger partial charge on any atom is 0.299 e. The van der Waals surface area contributed by atoms with Crippen LogP contribution < -0.4 is 10.5 Å². The second kappa shape index (κ2) is 11.5. The number of halogens is 2. The zero-order chi connectivity index (χ0) is 30.2. The van der Waals surface area contributed by atoms with Gasteiger partial charge < -0.3 is 29.0 Å². The summed E-state index contributed by atoms with van der Waals surface area (Å²) in [4.78, 5) is 53.6. The number of ether oxygens (including phenoxy) is 1. The number of carbonyl (C=O) groups excluding carboxylic acids is 2. The molecular formula is C28H28F2N8O5. The summed E-state index contributed by atoms with van der Waals surface area (Å²) in [5.74, 6) is -1.07. The summed E-state index contributed by atoms with van der Waals surface area (Å²) in [5.41, 5.74) is 2.09. The maximum atomic E-state index is 13.9. The molecule has 6 rings (SSSR count). The van der Waals surface area contributed by atoms with E-state index in [0.717, 1.165) is 35.7 Å². The van der Waals surface area contributed by atoms with E-state index < -0.39 is 35.0 Å². The van der Waals surface area contributed by atoms with Crippen LogP contribution in [-0.4, -0.2) is 84.1 Å². The van der Waals surface area contributed by atoms with Crippen molar-refractivity contribution in [3.63, 3.8) is 0 Å². The summed E-state index contributed by atoms with van der Waals surface area (Å²) in [7, 11) is 0. The molecule has 0 unspecified atom stereocenters. The van der Waals surface area contributed by atoms with Crippen molar-refractivity contribution in [3.05, 3.63) is 63.1 Å². The lowest BCUT2D eigenvalue weighted by Gasteiger charge is -2.36. The highest BCUT2D eigenvalue weighted by molar-refractivity contribution is 5.95. The van der Waals surface area contributed by atoms with Crippen LogP contribution in [0.4, 0.5) is 14.5 Å². The molecule has 13 nitrogen and oxygen atoms in total. The summed E-state index contributed by atoms with van der Waals surface area (Å²) >= 11 is 0. The van der Waals surface area contributed by atoms with Gasteiger partial charge in [-0.05, 0) is 30.0 Å². The Morgan fingerprint density at radius 1 is 1.16 bits per heavy atom. The molecule has 0 saturated carbocycles. The van der Waals surface area contributed by atoms with Crippen LogP contribution in [0, 0.1) is 0 Å². The van der Waals surface area contributed by atoms with Crippen LogP contribution in [-0.2, 0) is 35.5 Å². The number of anilines is 1. The molecule has 0 atom stereocenters. The lowest BCUT2D eigenvalue weighted by Crippen LogP contribution is -2.51. The van der Waals surface area contributed by atoms with Crippen molar-refractivity contribution < 1.29 is 28.2 Å². The van der Waals surface area contributed by atoms with Gasteiger partial charge in [-0.2, -0.15) is 9.50 Å². The Balaban J connectivity index is 1.33. The molecule has 0 bridgehead atoms. The molecule has 2 aliphatic heterocycles. The van der Waals surface area contributed by atoms with Crippen molar-refractivity contribution in [3.8, 4) is 17.1 Å². The van der Waals surface area contributed by atoms with Crippen molar-refractivity contribution in [2.75, 3.05) is 37.7 Å². The van der Waals surface area contributed by atoms with Crippen molar-refractivity contribution in [1.29, 1.82) is 0 Å². The molecule has 1 amide bonds. The van der Waals surface area contributed by atoms with Gasteiger partial charge in [0.25, 0.3) is 17.9 Å². The zero-order valence-corrected chi connectivity index (χ0v) is 23.2. The average Bonchev–Trinajstić information content (AvgIpc) is 3.48. The first-order valence-corrected chi connectivity index (χ1v) is 13.8. The van der Waals surface area contributed by atoms with Gasteiger partial charge in [-0.25, -0.2) is 18.7 Å². The average molecular weight is 595 g/mol. The van der Waals surface area contributed by atoms with E-state index in [4.69, 9.17) is 4.74 Å². The van der Waals surface area contributed by atoms with E-state index in [1.165, 1.54) is 9.42 Å². The van der Waals surface area contributed by atoms with Crippen molar-refractivity contribution in [2.45, 2.75) is 39.3 Å². The van der Waals surface area contributed by atoms with Gasteiger partial charge in [0.05, 0.1) is 25.5 Å². The summed E-state index contributed by atoms with van der Waals surface area (Å²) in [5, 5.41) is 14.7. The monoisotopic (exact) mass is 594 g/mol. The molecule has 1 saturated heterocycles. The summed E-state index contributed by atoms with van der Waals surface area (Å²) in [6.07, 6.45) is -0.341. The number of piperazine rings is 1. The third-order valence-electron chi connectivity index (χ3n) is 7.80. The van der Waals surface area contributed by atoms with Gasteiger partial charge in [-0.3, -0.25) is 9.59 Å². The molecule has 4 aromatic rings. The first-order valence-electron chi connectivity index (χ1n) is 13.8. The molecule has 2 aliphatic rings. The van der Waals surface area contributed by atoms with Gasteiger partial charge in [-0.15, -0.1) is 5.10 Å². The highest BCUT2D eigenvalue weighted by Gasteiger charge is 2.31. The number of rotatable bonds is 7. The molecule has 3 aromatic heterocycles. The second-order valence-corrected chi connectivity index (χ2v) is 10.2. The number of aromatic nitrogens is 6. The number of aldehydes is 1. The van der Waals surface area contributed by atoms with Crippen LogP contribution in [0.25, 0.3) is 17.2 Å². The number of amides is 1. The molecule has 1 fully saturated rings. The van der Waals surface area contributed by atoms with E-state index in [1.54, 1.807) is 4.57 Å². The van der Waals surface area contributed by atoms with Crippen LogP contribution in [0.1, 0.15) is 46.4 Å². The predicted octanol–water partition coefficient (Wildman–Crippen LogP) is 1.79. The van der Waals surface area contributed by atoms with E-state index in [0.29, 0.717) is 36.8 Å². The van der Waals surface area contributed by atoms with Crippen LogP contribution in [0.15, 0.2) is 29.3 Å². The molecule has 0 radical (unpaired) electrons. The first-order chi connectivity index (χ1) is 20.8. The zero-order valence-electron chi connectivity index (χ0n) is 23.2. The Labute approximate surface area is 243 Å². The van der Waals surface area contributed by atoms with Gasteiger partial charge in [0.2, 0.25) is 5.78 Å². The topological polar surface area (TPSA) is 148 Å². The fourth-order valence-corrected chi connectivity index (χ4v) is 5.65. The standard InChI is InChI=1S/C28H28F2N8O5/c1-2-19-22(35-6-8-36(9-7-35)26(41)21-23(40)20(24(29)30)31-15-32-21)27(42)38-28(37(19)10-11-39)33-25(34-38)17-3-4-18-14-43-12-5-16(18)13-17/h3-4,11,13,15,24,40H,2,5-10,12,14H2,1H3. The third-order valence-corrected chi connectivity index (χ3v) is 7.80. The van der Waals surface area contributed by atoms with Gasteiger partial charge >= 0.3 is 0 Å². The van der Waals surface area contributed by atoms with Crippen LogP contribution >= 0.6 is 0 Å². The smallest absolute Gasteiger partial charge is 0.299 e. The van der Waals surface area contributed by atoms with E-state index in [9.17, 15) is 28.3 Å². The molecule has 0 aliphatic carbocycles. The largest absolute Gasteiger partial charge is 0.504 e. The Hall–Kier alpha value is -4.79. The fourth-order valence-electron chi connectivity index (χ4n) is 5.65. The minimum atomic E-state index is -3.07. The van der Waals surface area contributed by atoms with Gasteiger partial charge in [0.1, 0.15) is 18.3 Å².